The summed E-state index contributed by atoms with van der Waals surface area (Å²) in [5, 5.41) is 20.6. The van der Waals surface area contributed by atoms with E-state index in [1.807, 2.05) is 0 Å². The number of carbonyl (C=O) groups excluding carboxylic acids is 3. The highest BCUT2D eigenvalue weighted by molar-refractivity contribution is 7.47. The number of hydrogen-bond acceptors (Lipinski definition) is 14. The molecule has 0 aromatic carbocycles. The molecule has 0 aliphatic carbocycles. The van der Waals surface area contributed by atoms with Crippen molar-refractivity contribution in [2.75, 3.05) is 39.6 Å². The van der Waals surface area contributed by atoms with E-state index in [1.165, 1.54) is 44.9 Å². The molecular weight excluding hydrogens is 1340 g/mol. The smallest absolute Gasteiger partial charge is 0.463 e. The number of aliphatic hydroxyl groups is 2. The molecule has 0 bridgehead atoms. The molecule has 0 amide bonds. The van der Waals surface area contributed by atoms with E-state index >= 15 is 0 Å². The maximum Gasteiger partial charge on any atom is 0.472 e. The number of phosphoric acid groups is 2. The number of rotatable bonds is 73. The van der Waals surface area contributed by atoms with Gasteiger partial charge in [0.05, 0.1) is 26.4 Å². The van der Waals surface area contributed by atoms with Crippen molar-refractivity contribution >= 4 is 33.6 Å². The average Bonchev–Trinajstić information content (AvgIpc) is 0.918. The first-order chi connectivity index (χ1) is 50.2. The van der Waals surface area contributed by atoms with Crippen LogP contribution in [0.3, 0.4) is 0 Å². The lowest BCUT2D eigenvalue weighted by atomic mass is 10.0. The minimum absolute atomic E-state index is 0.0757. The van der Waals surface area contributed by atoms with Crippen molar-refractivity contribution < 1.29 is 75.8 Å². The van der Waals surface area contributed by atoms with Gasteiger partial charge in [-0.1, -0.05) is 294 Å². The van der Waals surface area contributed by atoms with Gasteiger partial charge in [0.2, 0.25) is 0 Å². The molecule has 0 heterocycles. The molecule has 0 aromatic heterocycles. The summed E-state index contributed by atoms with van der Waals surface area (Å²) in [6, 6.07) is 0. The van der Waals surface area contributed by atoms with E-state index in [2.05, 4.69) is 191 Å². The van der Waals surface area contributed by atoms with Crippen molar-refractivity contribution in [3.8, 4) is 0 Å². The van der Waals surface area contributed by atoms with Crippen LogP contribution in [0.2, 0.25) is 0 Å². The molecule has 0 aromatic rings. The highest BCUT2D eigenvalue weighted by atomic mass is 31.2. The van der Waals surface area contributed by atoms with Crippen molar-refractivity contribution in [1.29, 1.82) is 0 Å². The number of allylic oxidation sites excluding steroid dienone is 28. The van der Waals surface area contributed by atoms with Gasteiger partial charge in [0, 0.05) is 19.3 Å². The molecule has 586 valence electrons. The molecule has 0 saturated heterocycles. The van der Waals surface area contributed by atoms with Crippen LogP contribution in [0.4, 0.5) is 0 Å². The molecule has 0 aliphatic heterocycles. The zero-order valence-electron chi connectivity index (χ0n) is 63.9. The van der Waals surface area contributed by atoms with Crippen LogP contribution in [0.15, 0.2) is 170 Å². The van der Waals surface area contributed by atoms with Crippen LogP contribution in [0.1, 0.15) is 290 Å². The Morgan fingerprint density at radius 3 is 0.767 bits per heavy atom. The topological polar surface area (TPSA) is 231 Å². The second-order valence-corrected chi connectivity index (χ2v) is 28.6. The van der Waals surface area contributed by atoms with Gasteiger partial charge in [0.15, 0.2) is 6.10 Å². The van der Waals surface area contributed by atoms with E-state index in [0.29, 0.717) is 19.3 Å². The third kappa shape index (κ3) is 77.8. The van der Waals surface area contributed by atoms with Crippen LogP contribution in [0.25, 0.3) is 0 Å². The maximum atomic E-state index is 13.0. The summed E-state index contributed by atoms with van der Waals surface area (Å²) in [6.45, 7) is 2.29. The third-order valence-electron chi connectivity index (χ3n) is 15.9. The van der Waals surface area contributed by atoms with Crippen LogP contribution in [0, 0.1) is 0 Å². The number of esters is 3. The third-order valence-corrected chi connectivity index (χ3v) is 17.8. The van der Waals surface area contributed by atoms with Crippen LogP contribution >= 0.6 is 15.6 Å². The predicted molar refractivity (Wildman–Crippen MR) is 426 cm³/mol. The first kappa shape index (κ1) is 97.9. The van der Waals surface area contributed by atoms with E-state index in [0.717, 1.165) is 186 Å². The first-order valence-corrected chi connectivity index (χ1v) is 42.4. The molecule has 0 fully saturated rings. The number of phosphoric ester groups is 2. The molecular formula is C85H140O16P2. The van der Waals surface area contributed by atoms with Crippen LogP contribution in [-0.4, -0.2) is 95.9 Å². The molecule has 18 heteroatoms. The van der Waals surface area contributed by atoms with Gasteiger partial charge < -0.3 is 34.2 Å². The molecule has 5 unspecified atom stereocenters. The summed E-state index contributed by atoms with van der Waals surface area (Å²) in [7, 11) is -9.81. The Morgan fingerprint density at radius 1 is 0.272 bits per heavy atom. The van der Waals surface area contributed by atoms with E-state index < -0.39 is 91.5 Å². The lowest BCUT2D eigenvalue weighted by Crippen LogP contribution is -2.30. The number of unbranched alkanes of at least 4 members (excludes halogenated alkanes) is 22. The summed E-state index contributed by atoms with van der Waals surface area (Å²) in [4.78, 5) is 58.7. The van der Waals surface area contributed by atoms with Gasteiger partial charge in [-0.2, -0.15) is 0 Å². The molecule has 0 saturated carbocycles. The van der Waals surface area contributed by atoms with Crippen molar-refractivity contribution in [1.82, 2.24) is 0 Å². The minimum atomic E-state index is -4.95. The van der Waals surface area contributed by atoms with Crippen LogP contribution in [-0.2, 0) is 55.8 Å². The Balaban J connectivity index is 4.61. The summed E-state index contributed by atoms with van der Waals surface area (Å²) in [6.07, 6.45) is 96.8. The Bertz CT molecular complexity index is 2550. The van der Waals surface area contributed by atoms with Crippen molar-refractivity contribution in [2.45, 2.75) is 309 Å². The minimum Gasteiger partial charge on any atom is -0.463 e. The highest BCUT2D eigenvalue weighted by Crippen LogP contribution is 2.45. The molecule has 103 heavy (non-hydrogen) atoms. The zero-order chi connectivity index (χ0) is 75.2. The quantitative estimate of drug-likeness (QED) is 0.0146. The average molecular weight is 1480 g/mol. The normalized spacial score (nSPS) is 14.9. The fourth-order valence-electron chi connectivity index (χ4n) is 10.0. The van der Waals surface area contributed by atoms with Crippen LogP contribution in [0.5, 0.6) is 0 Å². The summed E-state index contributed by atoms with van der Waals surface area (Å²) < 4.78 is 61.1. The first-order valence-electron chi connectivity index (χ1n) is 39.4. The number of ether oxygens (including phenoxy) is 3. The second-order valence-electron chi connectivity index (χ2n) is 25.7. The molecule has 0 radical (unpaired) electrons. The fourth-order valence-corrected chi connectivity index (χ4v) is 11.6. The number of aliphatic hydroxyl groups excluding tert-OH is 2. The lowest BCUT2D eigenvalue weighted by molar-refractivity contribution is -0.161. The molecule has 0 aliphatic rings. The number of carbonyl (C=O) groups is 3. The maximum absolute atomic E-state index is 13.0. The van der Waals surface area contributed by atoms with Gasteiger partial charge in [0.1, 0.15) is 25.4 Å². The van der Waals surface area contributed by atoms with Crippen molar-refractivity contribution in [3.05, 3.63) is 170 Å². The SMILES string of the molecule is CC/C=C\C/C=C\C/C=C\C/C=C\C/C=C\C/C=C\CCCCCCCCC(=O)OCC(COP(=O)(O)OCC(O)COP(=O)(O)OCC(O)COC(=O)CCCCCCCCCCCCC/C=C\C/C=C\C/C=C\C/C=C\C/C=C\CC)OC(=O)CCCCCCC/C=C\C/C=C\C/C=C\CC. The fraction of sp³-hybridized carbons (Fsp3) is 0.635. The Morgan fingerprint density at radius 2 is 0.485 bits per heavy atom. The molecule has 0 rings (SSSR count). The van der Waals surface area contributed by atoms with Gasteiger partial charge in [-0.05, 0) is 148 Å². The number of hydrogen-bond donors (Lipinski definition) is 4. The molecule has 0 spiro atoms. The Kier molecular flexibility index (Phi) is 72.8. The molecule has 5 atom stereocenters. The van der Waals surface area contributed by atoms with Gasteiger partial charge >= 0.3 is 33.6 Å². The van der Waals surface area contributed by atoms with Gasteiger partial charge in [0.25, 0.3) is 0 Å². The van der Waals surface area contributed by atoms with E-state index in [9.17, 15) is 43.5 Å². The van der Waals surface area contributed by atoms with Crippen LogP contribution < -0.4 is 0 Å². The largest absolute Gasteiger partial charge is 0.472 e. The van der Waals surface area contributed by atoms with Gasteiger partial charge in [-0.15, -0.1) is 0 Å². The van der Waals surface area contributed by atoms with Gasteiger partial charge in [-0.3, -0.25) is 32.5 Å². The van der Waals surface area contributed by atoms with E-state index in [-0.39, 0.29) is 19.3 Å². The molecule has 4 N–H and O–H groups in total. The Hall–Kier alpha value is -5.09. The summed E-state index contributed by atoms with van der Waals surface area (Å²) in [5.41, 5.74) is 0. The lowest BCUT2D eigenvalue weighted by Gasteiger charge is -2.21. The predicted octanol–water partition coefficient (Wildman–Crippen LogP) is 23.2. The van der Waals surface area contributed by atoms with Gasteiger partial charge in [-0.25, -0.2) is 9.13 Å². The monoisotopic (exact) mass is 1480 g/mol. The summed E-state index contributed by atoms with van der Waals surface area (Å²) >= 11 is 0. The highest BCUT2D eigenvalue weighted by Gasteiger charge is 2.29. The van der Waals surface area contributed by atoms with Crippen molar-refractivity contribution in [2.24, 2.45) is 0 Å². The molecule has 16 nitrogen and oxygen atoms in total. The second kappa shape index (κ2) is 76.6. The van der Waals surface area contributed by atoms with E-state index in [1.54, 1.807) is 0 Å². The Labute approximate surface area is 624 Å². The standard InChI is InChI=1S/C85H140O16P2/c1-4-7-10-13-16-19-22-25-28-30-32-34-36-38-39-41-43-44-46-48-51-53-56-59-62-65-68-71-83(88)95-74-80(86)75-97-102(91,92)98-76-81(87)77-99-103(93,94)100-79-82(101-85(90)73-70-67-64-61-58-55-50-27-24-21-18-15-12-9-6-3)78-96-84(89)72-69-66-63-60-57-54-52-49-47-45-42-40-37-35-33-31-29-26-23-20-17-14-11-8-5-2/h7-12,16-21,25-29,32-35,38-40,42,47,49-50,80-82,86-87H,4-6,13-15,22-24,30-31,36-37,41,43-46,48,51-79H2,1-3H3,(H,91,92)(H,93,94)/b10-7-,11-8-,12-9-,19-16-,20-17-,21-18-,28-25-,29-26-,34-32-,35-33-,39-38-,42-40-,49-47-,50-27-. The van der Waals surface area contributed by atoms with Crippen molar-refractivity contribution in [3.63, 3.8) is 0 Å². The summed E-state index contributed by atoms with van der Waals surface area (Å²) in [5.74, 6) is -1.62. The van der Waals surface area contributed by atoms with E-state index in [4.69, 9.17) is 32.3 Å². The zero-order valence-corrected chi connectivity index (χ0v) is 65.7.